The van der Waals surface area contributed by atoms with Crippen molar-refractivity contribution < 1.29 is 23.8 Å². The second-order valence-electron chi connectivity index (χ2n) is 9.60. The predicted molar refractivity (Wildman–Crippen MR) is 152 cm³/mol. The summed E-state index contributed by atoms with van der Waals surface area (Å²) in [6.45, 7) is 3.36. The minimum absolute atomic E-state index is 0.0656. The number of anilines is 2. The summed E-state index contributed by atoms with van der Waals surface area (Å²) in [5, 5.41) is 2.15. The summed E-state index contributed by atoms with van der Waals surface area (Å²) < 4.78 is 17.1. The van der Waals surface area contributed by atoms with E-state index in [1.54, 1.807) is 11.0 Å². The van der Waals surface area contributed by atoms with E-state index < -0.39 is 5.97 Å². The first-order valence-electron chi connectivity index (χ1n) is 13.5. The molecule has 0 unspecified atom stereocenters. The van der Waals surface area contributed by atoms with Crippen LogP contribution in [0.5, 0.6) is 0 Å². The molecule has 0 bridgehead atoms. The zero-order valence-corrected chi connectivity index (χ0v) is 22.9. The number of piperidine rings is 1. The molecule has 1 aliphatic heterocycles. The van der Waals surface area contributed by atoms with Gasteiger partial charge in [0.05, 0.1) is 57.0 Å². The zero-order chi connectivity index (χ0) is 28.3. The fourth-order valence-corrected chi connectivity index (χ4v) is 4.90. The molecule has 0 spiro atoms. The third-order valence-electron chi connectivity index (χ3n) is 6.92. The van der Waals surface area contributed by atoms with Gasteiger partial charge in [-0.15, -0.1) is 0 Å². The minimum Gasteiger partial charge on any atom is -0.468 e. The van der Waals surface area contributed by atoms with E-state index in [0.717, 1.165) is 35.8 Å². The lowest BCUT2D eigenvalue weighted by molar-refractivity contribution is -0.141. The quantitative estimate of drug-likeness (QED) is 0.250. The number of nitrogens with zero attached hydrogens (tertiary/aromatic N) is 4. The summed E-state index contributed by atoms with van der Waals surface area (Å²) in [6, 6.07) is 11.1. The lowest BCUT2D eigenvalue weighted by Gasteiger charge is -2.36. The van der Waals surface area contributed by atoms with Gasteiger partial charge in [0.15, 0.2) is 0 Å². The average molecular weight is 552 g/mol. The van der Waals surface area contributed by atoms with Gasteiger partial charge in [-0.3, -0.25) is 19.4 Å². The number of hydrogen-bond donors (Lipinski definition) is 1. The Hall–Kier alpha value is -3.80. The van der Waals surface area contributed by atoms with Crippen molar-refractivity contribution in [1.29, 1.82) is 0 Å². The molecule has 11 nitrogen and oxygen atoms in total. The standard InChI is InChI=1S/C29H37N5O6/c1-38-28(36)21-33-20-24(8-9-27(33)35)34(12-14-40-16-15-39-13-10-30)29(37)23-6-4-11-32(19-23)26-18-31-17-22-5-2-3-7-25(22)26/h2-3,5,7-9,17-18,20,23H,4,6,10-16,19,21,30H2,1H3/t23-/m0/s1. The first kappa shape index (κ1) is 29.2. The Morgan fingerprint density at radius 2 is 1.88 bits per heavy atom. The maximum Gasteiger partial charge on any atom is 0.325 e. The van der Waals surface area contributed by atoms with Crippen LogP contribution in [-0.2, 0) is 30.3 Å². The molecular weight excluding hydrogens is 514 g/mol. The molecule has 1 fully saturated rings. The third kappa shape index (κ3) is 7.44. The van der Waals surface area contributed by atoms with Gasteiger partial charge >= 0.3 is 5.97 Å². The highest BCUT2D eigenvalue weighted by atomic mass is 16.5. The topological polar surface area (TPSA) is 129 Å². The van der Waals surface area contributed by atoms with Crippen LogP contribution in [-0.4, -0.2) is 81.1 Å². The van der Waals surface area contributed by atoms with Crippen molar-refractivity contribution in [3.8, 4) is 0 Å². The number of carbonyl (C=O) groups is 2. The Labute approximate surface area is 233 Å². The SMILES string of the molecule is COC(=O)Cn1cc(N(CCOCCOCCN)C(=O)[C@H]2CCCN(c3cncc4ccccc34)C2)ccc1=O. The van der Waals surface area contributed by atoms with Crippen LogP contribution in [0.4, 0.5) is 11.4 Å². The van der Waals surface area contributed by atoms with Crippen molar-refractivity contribution in [3.63, 3.8) is 0 Å². The summed E-state index contributed by atoms with van der Waals surface area (Å²) in [4.78, 5) is 46.6. The number of hydrogen-bond acceptors (Lipinski definition) is 9. The van der Waals surface area contributed by atoms with Crippen LogP contribution in [0.1, 0.15) is 12.8 Å². The summed E-state index contributed by atoms with van der Waals surface area (Å²) in [5.41, 5.74) is 6.61. The molecule has 0 aliphatic carbocycles. The number of pyridine rings is 2. The van der Waals surface area contributed by atoms with Crippen LogP contribution in [0.2, 0.25) is 0 Å². The monoisotopic (exact) mass is 551 g/mol. The Kier molecular flexibility index (Phi) is 10.6. The number of esters is 1. The van der Waals surface area contributed by atoms with Crippen LogP contribution in [0.15, 0.2) is 59.8 Å². The van der Waals surface area contributed by atoms with Gasteiger partial charge < -0.3 is 34.3 Å². The number of benzene rings is 1. The summed E-state index contributed by atoms with van der Waals surface area (Å²) in [6.07, 6.45) is 6.81. The van der Waals surface area contributed by atoms with Crippen molar-refractivity contribution in [3.05, 3.63) is 65.3 Å². The van der Waals surface area contributed by atoms with Crippen LogP contribution < -0.4 is 21.1 Å². The number of carbonyl (C=O) groups excluding carboxylic acids is 2. The Bertz CT molecular complexity index is 1340. The summed E-state index contributed by atoms with van der Waals surface area (Å²) >= 11 is 0. The molecule has 1 aromatic carbocycles. The smallest absolute Gasteiger partial charge is 0.325 e. The molecule has 4 rings (SSSR count). The van der Waals surface area contributed by atoms with E-state index in [1.807, 2.05) is 30.6 Å². The van der Waals surface area contributed by atoms with E-state index in [1.165, 1.54) is 23.9 Å². The first-order chi connectivity index (χ1) is 19.5. The van der Waals surface area contributed by atoms with Gasteiger partial charge in [0.2, 0.25) is 5.91 Å². The number of nitrogens with two attached hydrogens (primary N) is 1. The average Bonchev–Trinajstić information content (AvgIpc) is 2.99. The van der Waals surface area contributed by atoms with Crippen molar-refractivity contribution in [2.24, 2.45) is 11.7 Å². The van der Waals surface area contributed by atoms with Crippen molar-refractivity contribution >= 4 is 34.0 Å². The molecule has 3 heterocycles. The number of fused-ring (bicyclic) bond motifs is 1. The highest BCUT2D eigenvalue weighted by Crippen LogP contribution is 2.30. The highest BCUT2D eigenvalue weighted by molar-refractivity contribution is 5.96. The largest absolute Gasteiger partial charge is 0.468 e. The molecule has 1 atom stereocenters. The van der Waals surface area contributed by atoms with Gasteiger partial charge in [0, 0.05) is 55.4 Å². The molecular formula is C29H37N5O6. The van der Waals surface area contributed by atoms with Gasteiger partial charge in [-0.1, -0.05) is 24.3 Å². The maximum absolute atomic E-state index is 14.0. The van der Waals surface area contributed by atoms with Crippen LogP contribution in [0, 0.1) is 5.92 Å². The summed E-state index contributed by atoms with van der Waals surface area (Å²) in [5.74, 6) is -0.893. The van der Waals surface area contributed by atoms with Crippen LogP contribution in [0.25, 0.3) is 10.8 Å². The normalized spacial score (nSPS) is 15.2. The Morgan fingerprint density at radius 3 is 2.67 bits per heavy atom. The zero-order valence-electron chi connectivity index (χ0n) is 22.9. The second-order valence-corrected chi connectivity index (χ2v) is 9.60. The van der Waals surface area contributed by atoms with Crippen molar-refractivity contribution in [1.82, 2.24) is 9.55 Å². The molecule has 2 aromatic heterocycles. The number of ether oxygens (including phenoxy) is 3. The Morgan fingerprint density at radius 1 is 1.07 bits per heavy atom. The van der Waals surface area contributed by atoms with Crippen molar-refractivity contribution in [2.75, 3.05) is 69.5 Å². The fourth-order valence-electron chi connectivity index (χ4n) is 4.90. The minimum atomic E-state index is -0.551. The van der Waals surface area contributed by atoms with Crippen molar-refractivity contribution in [2.45, 2.75) is 19.4 Å². The van der Waals surface area contributed by atoms with E-state index in [-0.39, 0.29) is 37.1 Å². The molecule has 214 valence electrons. The number of aromatic nitrogens is 2. The summed E-state index contributed by atoms with van der Waals surface area (Å²) in [7, 11) is 1.27. The number of amides is 1. The number of methoxy groups -OCH3 is 1. The molecule has 2 N–H and O–H groups in total. The van der Waals surface area contributed by atoms with Crippen LogP contribution >= 0.6 is 0 Å². The van der Waals surface area contributed by atoms with Gasteiger partial charge in [-0.25, -0.2) is 0 Å². The molecule has 11 heteroatoms. The fraction of sp³-hybridized carbons (Fsp3) is 0.448. The molecule has 0 saturated carbocycles. The molecule has 40 heavy (non-hydrogen) atoms. The highest BCUT2D eigenvalue weighted by Gasteiger charge is 2.31. The molecule has 1 amide bonds. The molecule has 1 aliphatic rings. The van der Waals surface area contributed by atoms with Gasteiger partial charge in [-0.2, -0.15) is 0 Å². The molecule has 3 aromatic rings. The van der Waals surface area contributed by atoms with Crippen LogP contribution in [0.3, 0.4) is 0 Å². The van der Waals surface area contributed by atoms with Gasteiger partial charge in [-0.05, 0) is 18.9 Å². The van der Waals surface area contributed by atoms with E-state index in [4.69, 9.17) is 19.9 Å². The van der Waals surface area contributed by atoms with Gasteiger partial charge in [0.25, 0.3) is 5.56 Å². The second kappa shape index (κ2) is 14.5. The third-order valence-corrected chi connectivity index (χ3v) is 6.92. The van der Waals surface area contributed by atoms with Gasteiger partial charge in [0.1, 0.15) is 6.54 Å². The Balaban J connectivity index is 1.54. The predicted octanol–water partition coefficient (Wildman–Crippen LogP) is 1.81. The van der Waals surface area contributed by atoms with E-state index in [2.05, 4.69) is 16.0 Å². The lowest BCUT2D eigenvalue weighted by atomic mass is 9.95. The van der Waals surface area contributed by atoms with E-state index >= 15 is 0 Å². The number of rotatable bonds is 13. The van der Waals surface area contributed by atoms with E-state index in [9.17, 15) is 14.4 Å². The first-order valence-corrected chi connectivity index (χ1v) is 13.5. The molecule has 1 saturated heterocycles. The van der Waals surface area contributed by atoms with E-state index in [0.29, 0.717) is 38.6 Å². The maximum atomic E-state index is 14.0. The molecule has 0 radical (unpaired) electrons. The lowest BCUT2D eigenvalue weighted by Crippen LogP contribution is -2.46.